The van der Waals surface area contributed by atoms with E-state index in [9.17, 15) is 4.79 Å². The summed E-state index contributed by atoms with van der Waals surface area (Å²) in [6.07, 6.45) is 2.31. The summed E-state index contributed by atoms with van der Waals surface area (Å²) in [7, 11) is 0. The number of esters is 1. The Morgan fingerprint density at radius 1 is 1.22 bits per heavy atom. The van der Waals surface area contributed by atoms with Crippen LogP contribution in [-0.4, -0.2) is 37.1 Å². The third-order valence-corrected chi connectivity index (χ3v) is 2.67. The number of carbonyl (C=O) groups excluding carboxylic acids is 1. The van der Waals surface area contributed by atoms with Crippen LogP contribution in [-0.2, 0) is 9.53 Å². The normalized spacial score (nSPS) is 11.7. The third-order valence-electron chi connectivity index (χ3n) is 2.67. The van der Waals surface area contributed by atoms with Gasteiger partial charge in [-0.05, 0) is 32.9 Å². The lowest BCUT2D eigenvalue weighted by Crippen LogP contribution is -2.38. The summed E-state index contributed by atoms with van der Waals surface area (Å²) in [6, 6.07) is 0. The maximum Gasteiger partial charge on any atom is 0.333 e. The van der Waals surface area contributed by atoms with Crippen molar-refractivity contribution < 1.29 is 9.53 Å². The lowest BCUT2D eigenvalue weighted by Gasteiger charge is -2.32. The largest absolute Gasteiger partial charge is 0.462 e. The Morgan fingerprint density at radius 2 is 1.72 bits per heavy atom. The highest BCUT2D eigenvalue weighted by Crippen LogP contribution is 2.18. The molecule has 106 valence electrons. The fraction of sp³-hybridized carbons (Fsp3) is 0.800. The Bertz CT molecular complexity index is 266. The fourth-order valence-corrected chi connectivity index (χ4v) is 1.94. The van der Waals surface area contributed by atoms with E-state index in [4.69, 9.17) is 4.74 Å². The Kier molecular flexibility index (Phi) is 7.92. The van der Waals surface area contributed by atoms with Crippen LogP contribution in [0.2, 0.25) is 0 Å². The van der Waals surface area contributed by atoms with Gasteiger partial charge in [0.05, 0.1) is 6.61 Å². The van der Waals surface area contributed by atoms with Gasteiger partial charge in [0.1, 0.15) is 0 Å². The molecular weight excluding hydrogens is 226 g/mol. The number of hydrogen-bond acceptors (Lipinski definition) is 3. The third kappa shape index (κ3) is 7.49. The molecule has 0 radical (unpaired) electrons. The molecule has 0 heterocycles. The Hall–Kier alpha value is -0.830. The summed E-state index contributed by atoms with van der Waals surface area (Å²) < 4.78 is 5.26. The minimum atomic E-state index is -0.291. The minimum Gasteiger partial charge on any atom is -0.462 e. The topological polar surface area (TPSA) is 29.5 Å². The number of rotatable bonds is 9. The van der Waals surface area contributed by atoms with Crippen LogP contribution in [0.25, 0.3) is 0 Å². The van der Waals surface area contributed by atoms with E-state index in [-0.39, 0.29) is 11.4 Å². The summed E-state index contributed by atoms with van der Waals surface area (Å²) in [5.74, 6) is -0.291. The number of carbonyl (C=O) groups is 1. The summed E-state index contributed by atoms with van der Waals surface area (Å²) in [6.45, 7) is 17.5. The Morgan fingerprint density at radius 3 is 2.11 bits per heavy atom. The van der Waals surface area contributed by atoms with Gasteiger partial charge < -0.3 is 9.64 Å². The average molecular weight is 255 g/mol. The summed E-state index contributed by atoms with van der Waals surface area (Å²) in [5.41, 5.74) is 0.444. The monoisotopic (exact) mass is 255 g/mol. The number of nitrogens with zero attached hydrogens (tertiary/aromatic N) is 1. The molecule has 0 spiro atoms. The molecule has 0 saturated heterocycles. The van der Waals surface area contributed by atoms with Gasteiger partial charge in [0.25, 0.3) is 0 Å². The van der Waals surface area contributed by atoms with E-state index < -0.39 is 0 Å². The molecule has 18 heavy (non-hydrogen) atoms. The predicted octanol–water partition coefficient (Wildman–Crippen LogP) is 3.25. The van der Waals surface area contributed by atoms with Crippen molar-refractivity contribution in [2.75, 3.05) is 26.2 Å². The van der Waals surface area contributed by atoms with Gasteiger partial charge in [-0.15, -0.1) is 0 Å². The molecule has 0 aliphatic heterocycles. The van der Waals surface area contributed by atoms with Crippen LogP contribution < -0.4 is 0 Å². The van der Waals surface area contributed by atoms with Crippen molar-refractivity contribution in [3.05, 3.63) is 12.2 Å². The highest BCUT2D eigenvalue weighted by Gasteiger charge is 2.23. The second-order valence-corrected chi connectivity index (χ2v) is 5.80. The molecule has 3 nitrogen and oxygen atoms in total. The van der Waals surface area contributed by atoms with E-state index in [1.165, 1.54) is 0 Å². The molecule has 0 aromatic heterocycles. The molecule has 0 fully saturated rings. The van der Waals surface area contributed by atoms with Crippen molar-refractivity contribution in [1.82, 2.24) is 4.90 Å². The maximum absolute atomic E-state index is 11.4. The molecule has 0 aromatic carbocycles. The van der Waals surface area contributed by atoms with Crippen LogP contribution in [0.5, 0.6) is 0 Å². The fourth-order valence-electron chi connectivity index (χ4n) is 1.94. The molecule has 0 N–H and O–H groups in total. The van der Waals surface area contributed by atoms with Gasteiger partial charge >= 0.3 is 5.97 Å². The molecule has 0 amide bonds. The zero-order valence-corrected chi connectivity index (χ0v) is 12.7. The second kappa shape index (κ2) is 8.30. The highest BCUT2D eigenvalue weighted by molar-refractivity contribution is 5.86. The van der Waals surface area contributed by atoms with Crippen LogP contribution >= 0.6 is 0 Å². The van der Waals surface area contributed by atoms with E-state index in [0.717, 1.165) is 32.5 Å². The molecular formula is C15H29NO2. The van der Waals surface area contributed by atoms with E-state index in [1.807, 2.05) is 0 Å². The quantitative estimate of drug-likeness (QED) is 0.468. The lowest BCUT2D eigenvalue weighted by atomic mass is 9.93. The molecule has 0 rings (SSSR count). The first-order valence-corrected chi connectivity index (χ1v) is 6.87. The summed E-state index contributed by atoms with van der Waals surface area (Å²) in [5, 5.41) is 0. The molecule has 0 saturated carbocycles. The van der Waals surface area contributed by atoms with Gasteiger partial charge in [-0.3, -0.25) is 0 Å². The van der Waals surface area contributed by atoms with E-state index in [1.54, 1.807) is 6.92 Å². The van der Waals surface area contributed by atoms with E-state index in [2.05, 4.69) is 39.2 Å². The summed E-state index contributed by atoms with van der Waals surface area (Å²) in [4.78, 5) is 13.8. The predicted molar refractivity (Wildman–Crippen MR) is 76.6 cm³/mol. The van der Waals surface area contributed by atoms with Gasteiger partial charge in [-0.25, -0.2) is 4.79 Å². The van der Waals surface area contributed by atoms with Crippen molar-refractivity contribution in [3.8, 4) is 0 Å². The minimum absolute atomic E-state index is 0.0184. The second-order valence-electron chi connectivity index (χ2n) is 5.80. The molecule has 0 atom stereocenters. The van der Waals surface area contributed by atoms with E-state index in [0.29, 0.717) is 12.2 Å². The van der Waals surface area contributed by atoms with Crippen molar-refractivity contribution in [1.29, 1.82) is 0 Å². The van der Waals surface area contributed by atoms with Crippen molar-refractivity contribution in [3.63, 3.8) is 0 Å². The van der Waals surface area contributed by atoms with Gasteiger partial charge in [0, 0.05) is 17.5 Å². The molecule has 0 unspecified atom stereocenters. The van der Waals surface area contributed by atoms with Crippen LogP contribution in [0.3, 0.4) is 0 Å². The SMILES string of the molecule is C=C(C)C(=O)OCC(C)(C)CN(CCC)CCC. The Labute approximate surface area is 112 Å². The first kappa shape index (κ1) is 17.2. The van der Waals surface area contributed by atoms with Crippen molar-refractivity contribution in [2.45, 2.75) is 47.5 Å². The lowest BCUT2D eigenvalue weighted by molar-refractivity contribution is -0.142. The highest BCUT2D eigenvalue weighted by atomic mass is 16.5. The number of ether oxygens (including phenoxy) is 1. The van der Waals surface area contributed by atoms with Crippen molar-refractivity contribution in [2.24, 2.45) is 5.41 Å². The van der Waals surface area contributed by atoms with Gasteiger partial charge in [0.2, 0.25) is 0 Å². The number of hydrogen-bond donors (Lipinski definition) is 0. The van der Waals surface area contributed by atoms with E-state index >= 15 is 0 Å². The van der Waals surface area contributed by atoms with Crippen LogP contribution in [0.15, 0.2) is 12.2 Å². The van der Waals surface area contributed by atoms with Crippen LogP contribution in [0.4, 0.5) is 0 Å². The van der Waals surface area contributed by atoms with Crippen molar-refractivity contribution >= 4 is 5.97 Å². The van der Waals surface area contributed by atoms with Gasteiger partial charge in [-0.1, -0.05) is 34.3 Å². The maximum atomic E-state index is 11.4. The van der Waals surface area contributed by atoms with Gasteiger partial charge in [-0.2, -0.15) is 0 Å². The van der Waals surface area contributed by atoms with Gasteiger partial charge in [0.15, 0.2) is 0 Å². The molecule has 0 aliphatic rings. The zero-order valence-electron chi connectivity index (χ0n) is 12.7. The van der Waals surface area contributed by atoms with Crippen LogP contribution in [0.1, 0.15) is 47.5 Å². The van der Waals surface area contributed by atoms with Crippen LogP contribution in [0, 0.1) is 5.41 Å². The molecule has 3 heteroatoms. The smallest absolute Gasteiger partial charge is 0.333 e. The Balaban J connectivity index is 4.25. The molecule has 0 aromatic rings. The first-order chi connectivity index (χ1) is 8.32. The standard InChI is InChI=1S/C15H29NO2/c1-7-9-16(10-8-2)11-15(5,6)12-18-14(17)13(3)4/h3,7-12H2,1-2,4-6H3. The first-order valence-electron chi connectivity index (χ1n) is 6.87. The molecule has 0 aliphatic carbocycles. The average Bonchev–Trinajstić information content (AvgIpc) is 2.26. The molecule has 0 bridgehead atoms. The summed E-state index contributed by atoms with van der Waals surface area (Å²) >= 11 is 0. The zero-order chi connectivity index (χ0) is 14.2.